The van der Waals surface area contributed by atoms with Gasteiger partial charge in [-0.25, -0.2) is 0 Å². The summed E-state index contributed by atoms with van der Waals surface area (Å²) in [6.07, 6.45) is 11.5. The lowest BCUT2D eigenvalue weighted by Gasteiger charge is -2.36. The molecule has 0 saturated carbocycles. The molecule has 0 spiro atoms. The van der Waals surface area contributed by atoms with Gasteiger partial charge in [-0.2, -0.15) is 0 Å². The lowest BCUT2D eigenvalue weighted by molar-refractivity contribution is -0.0354. The molecule has 0 aromatic carbocycles. The summed E-state index contributed by atoms with van der Waals surface area (Å²) < 4.78 is 5.93. The van der Waals surface area contributed by atoms with Crippen LogP contribution in [0.15, 0.2) is 11.6 Å². The molecule has 19 heavy (non-hydrogen) atoms. The summed E-state index contributed by atoms with van der Waals surface area (Å²) in [7, 11) is 0. The van der Waals surface area contributed by atoms with E-state index in [0.29, 0.717) is 0 Å². The number of allylic oxidation sites excluding steroid dienone is 1. The number of hydrogen-bond acceptors (Lipinski definition) is 3. The van der Waals surface area contributed by atoms with E-state index in [1.165, 1.54) is 57.1 Å². The Balaban J connectivity index is 1.91. The average Bonchev–Trinajstić information content (AvgIpc) is 2.38. The average molecular weight is 266 g/mol. The standard InChI is InChI=1S/C16H30N2O/c1-2-10-18-11-12-19-15(13-18)16(17)14-8-6-4-3-5-7-9-14/h8,15-16H,2-7,9-13,17H2,1H3. The Labute approximate surface area is 118 Å². The smallest absolute Gasteiger partial charge is 0.0891 e. The molecule has 1 saturated heterocycles. The zero-order valence-electron chi connectivity index (χ0n) is 12.4. The van der Waals surface area contributed by atoms with Crippen molar-refractivity contribution in [2.75, 3.05) is 26.2 Å². The Morgan fingerprint density at radius 3 is 3.05 bits per heavy atom. The van der Waals surface area contributed by atoms with Gasteiger partial charge in [0.05, 0.1) is 18.8 Å². The SMILES string of the molecule is CCCN1CCOC(C(N)C2=CCCCCCC2)C1. The number of hydrogen-bond donors (Lipinski definition) is 1. The van der Waals surface area contributed by atoms with Gasteiger partial charge < -0.3 is 10.5 Å². The molecule has 110 valence electrons. The van der Waals surface area contributed by atoms with E-state index >= 15 is 0 Å². The predicted octanol–water partition coefficient (Wildman–Crippen LogP) is 2.71. The second-order valence-electron chi connectivity index (χ2n) is 5.97. The van der Waals surface area contributed by atoms with Crippen LogP contribution in [0.3, 0.4) is 0 Å². The van der Waals surface area contributed by atoms with Gasteiger partial charge in [-0.15, -0.1) is 0 Å². The zero-order valence-corrected chi connectivity index (χ0v) is 12.4. The molecule has 2 unspecified atom stereocenters. The summed E-state index contributed by atoms with van der Waals surface area (Å²) in [6.45, 7) is 6.32. The monoisotopic (exact) mass is 266 g/mol. The molecule has 0 bridgehead atoms. The lowest BCUT2D eigenvalue weighted by Crippen LogP contribution is -2.51. The van der Waals surface area contributed by atoms with Crippen molar-refractivity contribution in [3.63, 3.8) is 0 Å². The molecule has 1 aliphatic carbocycles. The Bertz CT molecular complexity index is 288. The van der Waals surface area contributed by atoms with E-state index in [0.717, 1.165) is 19.7 Å². The first kappa shape index (κ1) is 15.0. The first-order valence-electron chi connectivity index (χ1n) is 8.09. The maximum atomic E-state index is 6.48. The second kappa shape index (κ2) is 8.03. The van der Waals surface area contributed by atoms with Crippen LogP contribution in [-0.4, -0.2) is 43.3 Å². The van der Waals surface area contributed by atoms with Crippen LogP contribution in [0.4, 0.5) is 0 Å². The van der Waals surface area contributed by atoms with Gasteiger partial charge in [0, 0.05) is 13.1 Å². The third-order valence-corrected chi connectivity index (χ3v) is 4.37. The van der Waals surface area contributed by atoms with Crippen molar-refractivity contribution >= 4 is 0 Å². The third-order valence-electron chi connectivity index (χ3n) is 4.37. The van der Waals surface area contributed by atoms with Gasteiger partial charge in [-0.1, -0.05) is 31.4 Å². The molecule has 2 aliphatic rings. The number of morpholine rings is 1. The van der Waals surface area contributed by atoms with Crippen LogP contribution in [0.5, 0.6) is 0 Å². The Morgan fingerprint density at radius 1 is 1.37 bits per heavy atom. The molecule has 3 nitrogen and oxygen atoms in total. The summed E-state index contributed by atoms with van der Waals surface area (Å²) in [6, 6.07) is 0.109. The number of ether oxygens (including phenoxy) is 1. The normalized spacial score (nSPS) is 28.3. The molecule has 0 amide bonds. The molecule has 2 atom stereocenters. The zero-order chi connectivity index (χ0) is 13.5. The van der Waals surface area contributed by atoms with Crippen LogP contribution in [0.1, 0.15) is 51.9 Å². The molecular weight excluding hydrogens is 236 g/mol. The topological polar surface area (TPSA) is 38.5 Å². The molecule has 2 rings (SSSR count). The summed E-state index contributed by atoms with van der Waals surface area (Å²) >= 11 is 0. The summed E-state index contributed by atoms with van der Waals surface area (Å²) in [5.74, 6) is 0. The van der Waals surface area contributed by atoms with E-state index in [4.69, 9.17) is 10.5 Å². The van der Waals surface area contributed by atoms with E-state index in [-0.39, 0.29) is 12.1 Å². The quantitative estimate of drug-likeness (QED) is 0.795. The summed E-state index contributed by atoms with van der Waals surface area (Å²) in [5, 5.41) is 0. The fraction of sp³-hybridized carbons (Fsp3) is 0.875. The van der Waals surface area contributed by atoms with Crippen molar-refractivity contribution in [3.8, 4) is 0 Å². The summed E-state index contributed by atoms with van der Waals surface area (Å²) in [4.78, 5) is 2.50. The molecule has 0 radical (unpaired) electrons. The van der Waals surface area contributed by atoms with E-state index in [1.807, 2.05) is 0 Å². The highest BCUT2D eigenvalue weighted by molar-refractivity contribution is 5.14. The van der Waals surface area contributed by atoms with Crippen molar-refractivity contribution in [1.29, 1.82) is 0 Å². The fourth-order valence-corrected chi connectivity index (χ4v) is 3.23. The minimum absolute atomic E-state index is 0.109. The minimum Gasteiger partial charge on any atom is -0.374 e. The molecule has 0 aromatic rings. The summed E-state index contributed by atoms with van der Waals surface area (Å²) in [5.41, 5.74) is 7.93. The van der Waals surface area contributed by atoms with Crippen LogP contribution in [0, 0.1) is 0 Å². The van der Waals surface area contributed by atoms with Gasteiger partial charge in [0.15, 0.2) is 0 Å². The largest absolute Gasteiger partial charge is 0.374 e. The highest BCUT2D eigenvalue weighted by atomic mass is 16.5. The third kappa shape index (κ3) is 4.59. The van der Waals surface area contributed by atoms with E-state index < -0.39 is 0 Å². The van der Waals surface area contributed by atoms with E-state index in [1.54, 1.807) is 0 Å². The minimum atomic E-state index is 0.109. The Morgan fingerprint density at radius 2 is 2.21 bits per heavy atom. The van der Waals surface area contributed by atoms with Crippen LogP contribution >= 0.6 is 0 Å². The van der Waals surface area contributed by atoms with Crippen molar-refractivity contribution in [2.45, 2.75) is 64.0 Å². The molecule has 3 heteroatoms. The first-order valence-corrected chi connectivity index (χ1v) is 8.09. The molecular formula is C16H30N2O. The van der Waals surface area contributed by atoms with Crippen LogP contribution in [-0.2, 0) is 4.74 Å². The lowest BCUT2D eigenvalue weighted by atomic mass is 9.92. The Hall–Kier alpha value is -0.380. The van der Waals surface area contributed by atoms with Crippen molar-refractivity contribution < 1.29 is 4.74 Å². The van der Waals surface area contributed by atoms with Crippen molar-refractivity contribution in [2.24, 2.45) is 5.73 Å². The van der Waals surface area contributed by atoms with E-state index in [9.17, 15) is 0 Å². The van der Waals surface area contributed by atoms with Crippen LogP contribution in [0.25, 0.3) is 0 Å². The number of rotatable bonds is 4. The molecule has 0 aromatic heterocycles. The number of nitrogens with two attached hydrogens (primary N) is 1. The van der Waals surface area contributed by atoms with Gasteiger partial charge >= 0.3 is 0 Å². The molecule has 1 heterocycles. The van der Waals surface area contributed by atoms with Crippen molar-refractivity contribution in [1.82, 2.24) is 4.90 Å². The Kier molecular flexibility index (Phi) is 6.35. The highest BCUT2D eigenvalue weighted by Crippen LogP contribution is 2.22. The van der Waals surface area contributed by atoms with E-state index in [2.05, 4.69) is 17.9 Å². The van der Waals surface area contributed by atoms with Crippen LogP contribution < -0.4 is 5.73 Å². The highest BCUT2D eigenvalue weighted by Gasteiger charge is 2.27. The number of nitrogens with zero attached hydrogens (tertiary/aromatic N) is 1. The maximum absolute atomic E-state index is 6.48. The maximum Gasteiger partial charge on any atom is 0.0891 e. The van der Waals surface area contributed by atoms with Gasteiger partial charge in [-0.05, 0) is 38.6 Å². The molecule has 1 aliphatic heterocycles. The van der Waals surface area contributed by atoms with Gasteiger partial charge in [-0.3, -0.25) is 4.90 Å². The molecule has 1 fully saturated rings. The van der Waals surface area contributed by atoms with Gasteiger partial charge in [0.2, 0.25) is 0 Å². The van der Waals surface area contributed by atoms with Gasteiger partial charge in [0.1, 0.15) is 0 Å². The predicted molar refractivity (Wildman–Crippen MR) is 80.2 cm³/mol. The first-order chi connectivity index (χ1) is 9.31. The van der Waals surface area contributed by atoms with Crippen molar-refractivity contribution in [3.05, 3.63) is 11.6 Å². The van der Waals surface area contributed by atoms with Gasteiger partial charge in [0.25, 0.3) is 0 Å². The fourth-order valence-electron chi connectivity index (χ4n) is 3.23. The molecule has 2 N–H and O–H groups in total. The van der Waals surface area contributed by atoms with Crippen LogP contribution in [0.2, 0.25) is 0 Å². The second-order valence-corrected chi connectivity index (χ2v) is 5.97.